The summed E-state index contributed by atoms with van der Waals surface area (Å²) in [6.45, 7) is 2.98. The van der Waals surface area contributed by atoms with Gasteiger partial charge in [-0.1, -0.05) is 25.1 Å². The Morgan fingerprint density at radius 2 is 2.05 bits per heavy atom. The number of fused-ring (bicyclic) bond motifs is 1. The molecule has 2 heterocycles. The molecule has 3 rings (SSSR count). The molecule has 0 saturated carbocycles. The smallest absolute Gasteiger partial charge is 0.0768 e. The quantitative estimate of drug-likeness (QED) is 0.776. The molecule has 1 unspecified atom stereocenters. The summed E-state index contributed by atoms with van der Waals surface area (Å²) in [5.41, 5.74) is 2.22. The van der Waals surface area contributed by atoms with Crippen molar-refractivity contribution in [1.82, 2.24) is 15.3 Å². The van der Waals surface area contributed by atoms with Crippen LogP contribution < -0.4 is 5.32 Å². The van der Waals surface area contributed by atoms with Crippen molar-refractivity contribution in [2.24, 2.45) is 0 Å². The number of halogens is 1. The van der Waals surface area contributed by atoms with E-state index in [1.54, 1.807) is 0 Å². The maximum absolute atomic E-state index is 4.56. The first-order valence-corrected chi connectivity index (χ1v) is 7.77. The zero-order valence-corrected chi connectivity index (χ0v) is 13.3. The highest BCUT2D eigenvalue weighted by Crippen LogP contribution is 2.31. The molecule has 0 aliphatic heterocycles. The van der Waals surface area contributed by atoms with E-state index in [4.69, 9.17) is 0 Å². The van der Waals surface area contributed by atoms with Gasteiger partial charge in [-0.05, 0) is 51.6 Å². The van der Waals surface area contributed by atoms with Gasteiger partial charge in [0.2, 0.25) is 0 Å². The van der Waals surface area contributed by atoms with Gasteiger partial charge in [-0.25, -0.2) is 0 Å². The van der Waals surface area contributed by atoms with Crippen LogP contribution in [0.4, 0.5) is 0 Å². The molecule has 2 aromatic heterocycles. The van der Waals surface area contributed by atoms with Crippen molar-refractivity contribution >= 4 is 26.7 Å². The second-order valence-corrected chi connectivity index (χ2v) is 5.66. The first-order valence-electron chi connectivity index (χ1n) is 6.97. The fourth-order valence-corrected chi connectivity index (χ4v) is 3.05. The van der Waals surface area contributed by atoms with Crippen LogP contribution in [0.25, 0.3) is 10.8 Å². The van der Waals surface area contributed by atoms with Crippen molar-refractivity contribution in [3.05, 3.63) is 70.7 Å². The lowest BCUT2D eigenvalue weighted by Crippen LogP contribution is -2.23. The summed E-state index contributed by atoms with van der Waals surface area (Å²) in [7, 11) is 0. The number of nitrogens with zero attached hydrogens (tertiary/aromatic N) is 2. The lowest BCUT2D eigenvalue weighted by molar-refractivity contribution is 0.616. The van der Waals surface area contributed by atoms with Crippen molar-refractivity contribution in [2.45, 2.75) is 13.0 Å². The second kappa shape index (κ2) is 6.33. The van der Waals surface area contributed by atoms with Crippen LogP contribution in [0.3, 0.4) is 0 Å². The van der Waals surface area contributed by atoms with Crippen LogP contribution in [-0.2, 0) is 0 Å². The Hall–Kier alpha value is -1.78. The molecule has 0 aliphatic rings. The van der Waals surface area contributed by atoms with Gasteiger partial charge < -0.3 is 5.32 Å². The standard InChI is InChI=1S/C17H16BrN3/c1-2-20-16(17-15(18)7-4-9-21-17)14-6-3-5-12-11-19-10-8-13(12)14/h3-11,16,20H,2H2,1H3. The molecule has 0 fully saturated rings. The van der Waals surface area contributed by atoms with Crippen LogP contribution in [0, 0.1) is 0 Å². The number of hydrogen-bond acceptors (Lipinski definition) is 3. The van der Waals surface area contributed by atoms with E-state index in [1.165, 1.54) is 10.9 Å². The molecule has 106 valence electrons. The first-order chi connectivity index (χ1) is 10.3. The average Bonchev–Trinajstić information content (AvgIpc) is 2.53. The topological polar surface area (TPSA) is 37.8 Å². The van der Waals surface area contributed by atoms with Crippen molar-refractivity contribution in [2.75, 3.05) is 6.54 Å². The van der Waals surface area contributed by atoms with Gasteiger partial charge in [0.1, 0.15) is 0 Å². The Morgan fingerprint density at radius 1 is 1.14 bits per heavy atom. The second-order valence-electron chi connectivity index (χ2n) is 4.81. The highest BCUT2D eigenvalue weighted by molar-refractivity contribution is 9.10. The molecule has 3 aromatic rings. The summed E-state index contributed by atoms with van der Waals surface area (Å²) >= 11 is 3.61. The maximum Gasteiger partial charge on any atom is 0.0768 e. The Morgan fingerprint density at radius 3 is 2.86 bits per heavy atom. The minimum Gasteiger partial charge on any atom is -0.305 e. The third kappa shape index (κ3) is 2.82. The summed E-state index contributed by atoms with van der Waals surface area (Å²) in [6.07, 6.45) is 5.56. The lowest BCUT2D eigenvalue weighted by atomic mass is 9.97. The zero-order chi connectivity index (χ0) is 14.7. The third-order valence-corrected chi connectivity index (χ3v) is 4.16. The molecule has 1 N–H and O–H groups in total. The lowest BCUT2D eigenvalue weighted by Gasteiger charge is -2.20. The summed E-state index contributed by atoms with van der Waals surface area (Å²) in [4.78, 5) is 8.76. The molecule has 0 bridgehead atoms. The molecule has 0 saturated heterocycles. The molecule has 1 atom stereocenters. The normalized spacial score (nSPS) is 12.5. The molecular formula is C17H16BrN3. The third-order valence-electron chi connectivity index (χ3n) is 3.49. The van der Waals surface area contributed by atoms with E-state index >= 15 is 0 Å². The Balaban J connectivity index is 2.19. The van der Waals surface area contributed by atoms with Gasteiger partial charge in [-0.15, -0.1) is 0 Å². The molecule has 3 nitrogen and oxygen atoms in total. The van der Waals surface area contributed by atoms with E-state index in [0.29, 0.717) is 0 Å². The molecule has 0 spiro atoms. The fourth-order valence-electron chi connectivity index (χ4n) is 2.57. The zero-order valence-electron chi connectivity index (χ0n) is 11.8. The van der Waals surface area contributed by atoms with Gasteiger partial charge in [0, 0.05) is 28.4 Å². The van der Waals surface area contributed by atoms with E-state index in [2.05, 4.69) is 62.4 Å². The Bertz CT molecular complexity index is 752. The van der Waals surface area contributed by atoms with Crippen molar-refractivity contribution in [3.8, 4) is 0 Å². The number of rotatable bonds is 4. The van der Waals surface area contributed by atoms with Gasteiger partial charge >= 0.3 is 0 Å². The van der Waals surface area contributed by atoms with Crippen LogP contribution in [0.1, 0.15) is 24.2 Å². The predicted octanol–water partition coefficient (Wildman–Crippen LogP) is 4.09. The SMILES string of the molecule is CCNC(c1ncccc1Br)c1cccc2cnccc12. The minimum absolute atomic E-state index is 0.0525. The van der Waals surface area contributed by atoms with Gasteiger partial charge in [0.05, 0.1) is 11.7 Å². The predicted molar refractivity (Wildman–Crippen MR) is 89.2 cm³/mol. The molecule has 1 aromatic carbocycles. The summed E-state index contributed by atoms with van der Waals surface area (Å²) in [5, 5.41) is 5.88. The highest BCUT2D eigenvalue weighted by Gasteiger charge is 2.19. The maximum atomic E-state index is 4.56. The van der Waals surface area contributed by atoms with E-state index < -0.39 is 0 Å². The molecule has 0 aliphatic carbocycles. The highest BCUT2D eigenvalue weighted by atomic mass is 79.9. The summed E-state index contributed by atoms with van der Waals surface area (Å²) in [5.74, 6) is 0. The summed E-state index contributed by atoms with van der Waals surface area (Å²) in [6, 6.07) is 12.4. The Labute approximate surface area is 132 Å². The molecular weight excluding hydrogens is 326 g/mol. The molecule has 0 radical (unpaired) electrons. The fraction of sp³-hybridized carbons (Fsp3) is 0.176. The van der Waals surface area contributed by atoms with Gasteiger partial charge in [-0.2, -0.15) is 0 Å². The van der Waals surface area contributed by atoms with Crippen molar-refractivity contribution < 1.29 is 0 Å². The van der Waals surface area contributed by atoms with E-state index in [0.717, 1.165) is 22.1 Å². The minimum atomic E-state index is 0.0525. The van der Waals surface area contributed by atoms with E-state index in [-0.39, 0.29) is 6.04 Å². The van der Waals surface area contributed by atoms with Crippen molar-refractivity contribution in [1.29, 1.82) is 0 Å². The molecule has 21 heavy (non-hydrogen) atoms. The van der Waals surface area contributed by atoms with E-state index in [1.807, 2.05) is 30.7 Å². The number of pyridine rings is 2. The Kier molecular flexibility index (Phi) is 4.27. The van der Waals surface area contributed by atoms with Crippen molar-refractivity contribution in [3.63, 3.8) is 0 Å². The van der Waals surface area contributed by atoms with Crippen LogP contribution in [-0.4, -0.2) is 16.5 Å². The molecule has 4 heteroatoms. The van der Waals surface area contributed by atoms with Gasteiger partial charge in [-0.3, -0.25) is 9.97 Å². The van der Waals surface area contributed by atoms with E-state index in [9.17, 15) is 0 Å². The monoisotopic (exact) mass is 341 g/mol. The average molecular weight is 342 g/mol. The van der Waals surface area contributed by atoms with Crippen LogP contribution >= 0.6 is 15.9 Å². The van der Waals surface area contributed by atoms with Crippen LogP contribution in [0.15, 0.2) is 59.5 Å². The molecule has 0 amide bonds. The number of hydrogen-bond donors (Lipinski definition) is 1. The number of aromatic nitrogens is 2. The van der Waals surface area contributed by atoms with Gasteiger partial charge in [0.15, 0.2) is 0 Å². The largest absolute Gasteiger partial charge is 0.305 e. The number of nitrogens with one attached hydrogen (secondary N) is 1. The summed E-state index contributed by atoms with van der Waals surface area (Å²) < 4.78 is 1.02. The van der Waals surface area contributed by atoms with Crippen LogP contribution in [0.2, 0.25) is 0 Å². The van der Waals surface area contributed by atoms with Gasteiger partial charge in [0.25, 0.3) is 0 Å². The first kappa shape index (κ1) is 14.2. The van der Waals surface area contributed by atoms with Crippen LogP contribution in [0.5, 0.6) is 0 Å². The number of benzene rings is 1.